The Labute approximate surface area is 149 Å². The molecular weight excluding hydrogens is 369 g/mol. The van der Waals surface area contributed by atoms with E-state index in [2.05, 4.69) is 0 Å². The number of aryl methyl sites for hydroxylation is 1. The molecule has 3 N–H and O–H groups in total. The number of halogens is 6. The summed E-state index contributed by atoms with van der Waals surface area (Å²) in [5.41, 5.74) is 6.11. The number of nitrogens with two attached hydrogens (primary N) is 1. The maximum atomic E-state index is 12.7. The van der Waals surface area contributed by atoms with E-state index < -0.39 is 30.5 Å². The van der Waals surface area contributed by atoms with Gasteiger partial charge in [-0.2, -0.15) is 22.0 Å². The van der Waals surface area contributed by atoms with Crippen LogP contribution < -0.4 is 10.5 Å². The van der Waals surface area contributed by atoms with Gasteiger partial charge in [-0.25, -0.2) is 0 Å². The quantitative estimate of drug-likeness (QED) is 0.492. The highest BCUT2D eigenvalue weighted by molar-refractivity contribution is 5.85. The largest absolute Gasteiger partial charge is 0.494 e. The maximum absolute atomic E-state index is 12.7. The number of benzene rings is 1. The summed E-state index contributed by atoms with van der Waals surface area (Å²) in [6.07, 6.45) is -6.01. The SMILES string of the molecule is CC(N)(CO)CCc1ccc(OCCCC(F)(F)C(F)(F)F)cc1.Cl. The summed E-state index contributed by atoms with van der Waals surface area (Å²) >= 11 is 0. The summed E-state index contributed by atoms with van der Waals surface area (Å²) in [6.45, 7) is 1.38. The van der Waals surface area contributed by atoms with Crippen LogP contribution >= 0.6 is 12.4 Å². The molecular formula is C16H23ClF5NO2. The van der Waals surface area contributed by atoms with Crippen molar-refractivity contribution in [2.45, 2.75) is 50.2 Å². The van der Waals surface area contributed by atoms with Gasteiger partial charge >= 0.3 is 12.1 Å². The van der Waals surface area contributed by atoms with Crippen LogP contribution in [0.5, 0.6) is 5.75 Å². The van der Waals surface area contributed by atoms with Crippen LogP contribution in [0, 0.1) is 0 Å². The third-order valence-corrected chi connectivity index (χ3v) is 3.59. The van der Waals surface area contributed by atoms with E-state index in [1.54, 1.807) is 31.2 Å². The third kappa shape index (κ3) is 8.20. The van der Waals surface area contributed by atoms with E-state index in [-0.39, 0.29) is 25.6 Å². The van der Waals surface area contributed by atoms with Crippen molar-refractivity contribution in [1.29, 1.82) is 0 Å². The van der Waals surface area contributed by atoms with Crippen molar-refractivity contribution in [1.82, 2.24) is 0 Å². The minimum Gasteiger partial charge on any atom is -0.494 e. The zero-order valence-corrected chi connectivity index (χ0v) is 14.6. The Morgan fingerprint density at radius 1 is 1.04 bits per heavy atom. The topological polar surface area (TPSA) is 55.5 Å². The molecule has 0 aliphatic carbocycles. The van der Waals surface area contributed by atoms with Gasteiger partial charge in [-0.05, 0) is 43.9 Å². The number of aliphatic hydroxyl groups excluding tert-OH is 1. The molecule has 0 heterocycles. The van der Waals surface area contributed by atoms with E-state index in [1.165, 1.54) is 0 Å². The summed E-state index contributed by atoms with van der Waals surface area (Å²) in [6, 6.07) is 6.74. The molecule has 1 aromatic rings. The summed E-state index contributed by atoms with van der Waals surface area (Å²) in [4.78, 5) is 0. The maximum Gasteiger partial charge on any atom is 0.453 e. The van der Waals surface area contributed by atoms with Gasteiger partial charge in [0.05, 0.1) is 13.2 Å². The van der Waals surface area contributed by atoms with Crippen molar-refractivity contribution in [2.24, 2.45) is 5.73 Å². The molecule has 0 bridgehead atoms. The van der Waals surface area contributed by atoms with Crippen LogP contribution in [0.3, 0.4) is 0 Å². The van der Waals surface area contributed by atoms with Gasteiger partial charge in [0.25, 0.3) is 0 Å². The van der Waals surface area contributed by atoms with Gasteiger partial charge < -0.3 is 15.6 Å². The van der Waals surface area contributed by atoms with Crippen LogP contribution in [0.2, 0.25) is 0 Å². The fourth-order valence-corrected chi connectivity index (χ4v) is 1.89. The van der Waals surface area contributed by atoms with E-state index in [0.717, 1.165) is 5.56 Å². The van der Waals surface area contributed by atoms with Gasteiger partial charge in [0.15, 0.2) is 0 Å². The fourth-order valence-electron chi connectivity index (χ4n) is 1.89. The molecule has 146 valence electrons. The third-order valence-electron chi connectivity index (χ3n) is 3.59. The molecule has 9 heteroatoms. The standard InChI is InChI=1S/C16H22F5NO2.ClH/c1-14(22,11-23)9-7-12-3-5-13(6-4-12)24-10-2-8-15(17,18)16(19,20)21;/h3-6,23H,2,7-11,22H2,1H3;1H. The molecule has 0 saturated heterocycles. The van der Waals surface area contributed by atoms with Crippen molar-refractivity contribution in [3.8, 4) is 5.75 Å². The van der Waals surface area contributed by atoms with Crippen molar-refractivity contribution in [3.63, 3.8) is 0 Å². The first-order valence-electron chi connectivity index (χ1n) is 7.53. The van der Waals surface area contributed by atoms with E-state index >= 15 is 0 Å². The van der Waals surface area contributed by atoms with E-state index in [4.69, 9.17) is 15.6 Å². The van der Waals surface area contributed by atoms with E-state index in [0.29, 0.717) is 18.6 Å². The number of ether oxygens (including phenoxy) is 1. The second kappa shape index (κ2) is 9.54. The number of hydrogen-bond acceptors (Lipinski definition) is 3. The summed E-state index contributed by atoms with van der Waals surface area (Å²) in [5, 5.41) is 9.08. The van der Waals surface area contributed by atoms with Gasteiger partial charge in [0.2, 0.25) is 0 Å². The average Bonchev–Trinajstić information content (AvgIpc) is 2.50. The first-order chi connectivity index (χ1) is 11.0. The summed E-state index contributed by atoms with van der Waals surface area (Å²) in [5.74, 6) is -4.30. The lowest BCUT2D eigenvalue weighted by Crippen LogP contribution is -2.40. The summed E-state index contributed by atoms with van der Waals surface area (Å²) in [7, 11) is 0. The predicted molar refractivity (Wildman–Crippen MR) is 87.4 cm³/mol. The van der Waals surface area contributed by atoms with Crippen molar-refractivity contribution >= 4 is 12.4 Å². The van der Waals surface area contributed by atoms with Crippen LogP contribution in [-0.2, 0) is 6.42 Å². The number of aliphatic hydroxyl groups is 1. The molecule has 0 saturated carbocycles. The van der Waals surface area contributed by atoms with E-state index in [9.17, 15) is 22.0 Å². The van der Waals surface area contributed by atoms with Crippen molar-refractivity contribution in [3.05, 3.63) is 29.8 Å². The Kier molecular flexibility index (Phi) is 9.12. The molecule has 0 fully saturated rings. The Balaban J connectivity index is 0.00000576. The molecule has 0 spiro atoms. The molecule has 0 amide bonds. The first kappa shape index (κ1) is 23.9. The molecule has 1 aromatic carbocycles. The van der Waals surface area contributed by atoms with Crippen LogP contribution in [0.4, 0.5) is 22.0 Å². The Hall–Kier alpha value is -1.12. The second-order valence-electron chi connectivity index (χ2n) is 6.11. The molecule has 0 radical (unpaired) electrons. The molecule has 0 aliphatic rings. The Bertz CT molecular complexity index is 506. The van der Waals surface area contributed by atoms with Gasteiger partial charge in [-0.15, -0.1) is 12.4 Å². The highest BCUT2D eigenvalue weighted by atomic mass is 35.5. The lowest BCUT2D eigenvalue weighted by Gasteiger charge is -2.21. The monoisotopic (exact) mass is 391 g/mol. The van der Waals surface area contributed by atoms with Crippen molar-refractivity contribution in [2.75, 3.05) is 13.2 Å². The predicted octanol–water partition coefficient (Wildman–Crippen LogP) is 4.11. The Morgan fingerprint density at radius 3 is 2.08 bits per heavy atom. The fraction of sp³-hybridized carbons (Fsp3) is 0.625. The molecule has 1 rings (SSSR count). The molecule has 0 aromatic heterocycles. The zero-order valence-electron chi connectivity index (χ0n) is 13.8. The normalized spacial score (nSPS) is 14.6. The highest BCUT2D eigenvalue weighted by Gasteiger charge is 2.56. The number of hydrogen-bond donors (Lipinski definition) is 2. The highest BCUT2D eigenvalue weighted by Crippen LogP contribution is 2.38. The van der Waals surface area contributed by atoms with Crippen LogP contribution in [-0.4, -0.2) is 36.0 Å². The lowest BCUT2D eigenvalue weighted by molar-refractivity contribution is -0.284. The molecule has 25 heavy (non-hydrogen) atoms. The van der Waals surface area contributed by atoms with Crippen LogP contribution in [0.1, 0.15) is 31.7 Å². The van der Waals surface area contributed by atoms with Gasteiger partial charge in [0.1, 0.15) is 5.75 Å². The zero-order chi connectivity index (χ0) is 18.4. The molecule has 3 nitrogen and oxygen atoms in total. The van der Waals surface area contributed by atoms with E-state index in [1.807, 2.05) is 0 Å². The van der Waals surface area contributed by atoms with Gasteiger partial charge in [-0.3, -0.25) is 0 Å². The first-order valence-corrected chi connectivity index (χ1v) is 7.53. The minimum atomic E-state index is -5.53. The summed E-state index contributed by atoms with van der Waals surface area (Å²) < 4.78 is 66.6. The smallest absolute Gasteiger partial charge is 0.453 e. The lowest BCUT2D eigenvalue weighted by atomic mass is 9.95. The second-order valence-corrected chi connectivity index (χ2v) is 6.11. The minimum absolute atomic E-state index is 0. The Morgan fingerprint density at radius 2 is 1.60 bits per heavy atom. The molecule has 1 atom stereocenters. The van der Waals surface area contributed by atoms with Crippen LogP contribution in [0.15, 0.2) is 24.3 Å². The molecule has 1 unspecified atom stereocenters. The average molecular weight is 392 g/mol. The number of alkyl halides is 5. The van der Waals surface area contributed by atoms with Crippen molar-refractivity contribution < 1.29 is 31.8 Å². The van der Waals surface area contributed by atoms with Crippen LogP contribution in [0.25, 0.3) is 0 Å². The number of rotatable bonds is 9. The van der Waals surface area contributed by atoms with Gasteiger partial charge in [-0.1, -0.05) is 12.1 Å². The van der Waals surface area contributed by atoms with Gasteiger partial charge in [0, 0.05) is 12.0 Å². The molecule has 0 aliphatic heterocycles.